The van der Waals surface area contributed by atoms with Crippen LogP contribution in [0.2, 0.25) is 5.02 Å². The number of methoxy groups -OCH3 is 2. The number of benzene rings is 4. The molecule has 2 aromatic heterocycles. The van der Waals surface area contributed by atoms with Gasteiger partial charge >= 0.3 is 357 Å². The molecule has 10 rings (SSSR count). The number of carbonyl (C=O) groups is 5. The standard InChI is InChI=1S/C56H56ClN8O16S2.Pb/c1-55(2,3)79-54(70)61-53-59-42(32-82-53)46(63-81-56(22-23-56)52(69)78-31-33-9-7-6-8-10-33)49(66)60-47-43(65(51(47)68)83(71,72)73)27-58-26-39-25-41(62-80-39)36-21-24-64(28-36)50(67)40-19-20-44(76-29-34-11-15-37(74-4)16-12-34)48(45(40)57)77-30-35-13-17-38(75-5)18-14-35;/h6-20,25,31-32,36,43,47,58H,21-24,27-30H2,1-5H3,(H,60,66)(H,59,61,70)(H,71,72,73);/b63-46-;/t36-,43-,47+;/m1./s1. The molecule has 3 aliphatic heterocycles. The van der Waals surface area contributed by atoms with Crippen LogP contribution in [0.25, 0.3) is 0 Å². The number of hydrogen-bond donors (Lipinski definition) is 4. The Hall–Kier alpha value is -7.51. The van der Waals surface area contributed by atoms with Crippen molar-refractivity contribution in [2.75, 3.05) is 39.2 Å². The molecular weight excluding hydrogens is 1350 g/mol. The van der Waals surface area contributed by atoms with Crippen LogP contribution in [-0.4, -0.2) is 152 Å². The van der Waals surface area contributed by atoms with Crippen LogP contribution >= 0.6 is 22.9 Å². The van der Waals surface area contributed by atoms with Crippen LogP contribution in [0.15, 0.2) is 112 Å². The van der Waals surface area contributed by atoms with E-state index in [0.29, 0.717) is 44.7 Å². The molecule has 1 radical (unpaired) electrons. The van der Waals surface area contributed by atoms with Crippen molar-refractivity contribution in [3.8, 4) is 23.0 Å². The van der Waals surface area contributed by atoms with Crippen LogP contribution in [0, 0.1) is 0 Å². The van der Waals surface area contributed by atoms with E-state index in [2.05, 4.69) is 31.2 Å². The van der Waals surface area contributed by atoms with Crippen molar-refractivity contribution < 1.29 is 74.7 Å². The van der Waals surface area contributed by atoms with Gasteiger partial charge in [-0.15, -0.1) is 0 Å². The van der Waals surface area contributed by atoms with Crippen LogP contribution in [0.3, 0.4) is 0 Å². The first-order valence-electron chi connectivity index (χ1n) is 26.3. The summed E-state index contributed by atoms with van der Waals surface area (Å²) in [5, 5.41) is 18.2. The first-order chi connectivity index (χ1) is 40.2. The predicted octanol–water partition coefficient (Wildman–Crippen LogP) is 6.42. The maximum absolute atomic E-state index is 14.5. The molecule has 4 amide bonds. The molecule has 1 spiro atoms. The third-order valence-corrected chi connectivity index (χ3v) is 21.4. The molecule has 0 bridgehead atoms. The first kappa shape index (κ1) is 59.6. The molecule has 3 fully saturated rings. The van der Waals surface area contributed by atoms with Gasteiger partial charge in [-0.25, -0.2) is 4.79 Å². The van der Waals surface area contributed by atoms with Crippen LogP contribution in [0.1, 0.15) is 93.8 Å². The second-order valence-electron chi connectivity index (χ2n) is 20.8. The van der Waals surface area contributed by atoms with Gasteiger partial charge < -0.3 is 18.9 Å². The second kappa shape index (κ2) is 25.0. The summed E-state index contributed by atoms with van der Waals surface area (Å²) in [5.74, 6) is -1.65. The monoisotopic (exact) mass is 1400 g/mol. The number of anilines is 1. The molecule has 1 aliphatic carbocycles. The zero-order chi connectivity index (χ0) is 59.5. The molecule has 4 aliphatic rings. The molecule has 24 nitrogen and oxygen atoms in total. The SMILES string of the molecule is COc1ccc(COc2ccc(C(=O)N3CC[C@@H](c4cc([C]5=[Pb][CH](c6ccccc6)OC(=O)C6(CC6)O/N=C(/c6csc(NC(=O)OC(C)(C)C)n6)C(=O)N[C@@H]6C(=O)N(S(=O)(=O)O)[C@@H]6CN5)on4)C3)c(Cl)c2OCc2ccc(OC)cc2)cc1. The van der Waals surface area contributed by atoms with Crippen molar-refractivity contribution in [3.05, 3.63) is 147 Å². The number of β-lactam (4-membered cyclic amide) rings is 1. The van der Waals surface area contributed by atoms with Crippen molar-refractivity contribution in [2.24, 2.45) is 5.16 Å². The van der Waals surface area contributed by atoms with Crippen molar-refractivity contribution >= 4 is 101 Å². The Bertz CT molecular complexity index is 3650. The molecule has 4 N–H and O–H groups in total. The Kier molecular flexibility index (Phi) is 17.7. The van der Waals surface area contributed by atoms with E-state index in [-0.39, 0.29) is 88.2 Å². The Morgan fingerprint density at radius 1 is 0.940 bits per heavy atom. The third-order valence-electron chi connectivity index (χ3n) is 13.8. The van der Waals surface area contributed by atoms with Crippen molar-refractivity contribution in [2.45, 2.75) is 86.1 Å². The van der Waals surface area contributed by atoms with Gasteiger partial charge in [-0.2, -0.15) is 0 Å². The van der Waals surface area contributed by atoms with Gasteiger partial charge in [-0.3, -0.25) is 0 Å². The van der Waals surface area contributed by atoms with Crippen LogP contribution in [0.4, 0.5) is 9.93 Å². The Morgan fingerprint density at radius 2 is 1.62 bits per heavy atom. The number of halogens is 1. The number of thiazole rings is 1. The third kappa shape index (κ3) is 13.7. The van der Waals surface area contributed by atoms with Crippen molar-refractivity contribution in [3.63, 3.8) is 0 Å². The van der Waals surface area contributed by atoms with E-state index in [4.69, 9.17) is 49.4 Å². The molecule has 439 valence electrons. The molecule has 1 unspecified atom stereocenters. The fourth-order valence-corrected chi connectivity index (χ4v) is 15.9. The minimum Gasteiger partial charge on any atom is -0.497 e. The van der Waals surface area contributed by atoms with E-state index in [1.165, 1.54) is 5.38 Å². The molecule has 2 saturated heterocycles. The summed E-state index contributed by atoms with van der Waals surface area (Å²) in [5.41, 5.74) is -0.202. The Morgan fingerprint density at radius 3 is 2.26 bits per heavy atom. The number of likely N-dealkylation sites (tertiary alicyclic amines) is 1. The fraction of sp³-hybridized carbons (Fsp3) is 0.339. The number of amides is 4. The molecule has 4 aromatic carbocycles. The zero-order valence-corrected chi connectivity index (χ0v) is 52.1. The van der Waals surface area contributed by atoms with E-state index in [0.717, 1.165) is 22.5 Å². The summed E-state index contributed by atoms with van der Waals surface area (Å²) < 4.78 is 76.6. The molecule has 6 aromatic rings. The fourth-order valence-electron chi connectivity index (χ4n) is 9.22. The number of nitrogens with zero attached hydrogens (tertiary/aromatic N) is 5. The quantitative estimate of drug-likeness (QED) is 0.0373. The van der Waals surface area contributed by atoms with Gasteiger partial charge in [-0.05, 0) is 56.2 Å². The minimum atomic E-state index is -5.19. The Labute approximate surface area is 502 Å². The van der Waals surface area contributed by atoms with Gasteiger partial charge in [0, 0.05) is 0 Å². The number of oxime groups is 1. The molecule has 1 saturated carbocycles. The molecule has 84 heavy (non-hydrogen) atoms. The molecule has 5 heterocycles. The van der Waals surface area contributed by atoms with E-state index in [9.17, 15) is 36.9 Å². The van der Waals surface area contributed by atoms with E-state index in [1.54, 1.807) is 101 Å². The van der Waals surface area contributed by atoms with E-state index < -0.39 is 90.6 Å². The first-order valence-corrected chi connectivity index (χ1v) is 33.1. The summed E-state index contributed by atoms with van der Waals surface area (Å²) in [4.78, 5) is 81.1. The summed E-state index contributed by atoms with van der Waals surface area (Å²) in [6.45, 7) is 5.41. The summed E-state index contributed by atoms with van der Waals surface area (Å²) in [6.07, 6.45) is -0.0429. The maximum atomic E-state index is 14.5. The van der Waals surface area contributed by atoms with E-state index >= 15 is 0 Å². The van der Waals surface area contributed by atoms with Crippen molar-refractivity contribution in [1.82, 2.24) is 30.0 Å². The smallest absolute Gasteiger partial charge is 0.497 e. The van der Waals surface area contributed by atoms with E-state index in [1.807, 2.05) is 36.4 Å². The average molecular weight is 1400 g/mol. The second-order valence-corrected chi connectivity index (χ2v) is 28.4. The number of aromatic nitrogens is 2. The molecule has 28 heteroatoms. The van der Waals surface area contributed by atoms with Crippen molar-refractivity contribution in [1.29, 1.82) is 0 Å². The topological polar surface area (TPSA) is 298 Å². The van der Waals surface area contributed by atoms with Gasteiger partial charge in [0.25, 0.3) is 0 Å². The minimum absolute atomic E-state index is 0.00191. The predicted molar refractivity (Wildman–Crippen MR) is 305 cm³/mol. The molecular formula is C56H56ClN8O16PbS2. The van der Waals surface area contributed by atoms with Crippen LogP contribution in [0.5, 0.6) is 23.0 Å². The van der Waals surface area contributed by atoms with Gasteiger partial charge in [0.05, 0.1) is 14.2 Å². The van der Waals surface area contributed by atoms with Crippen LogP contribution < -0.4 is 34.9 Å². The molecule has 4 atom stereocenters. The number of hydrogen-bond acceptors (Lipinski definition) is 20. The average Bonchev–Trinajstić information content (AvgIpc) is 1.84. The number of esters is 1. The Balaban J connectivity index is 0.916. The van der Waals surface area contributed by atoms with Gasteiger partial charge in [-0.1, -0.05) is 24.3 Å². The zero-order valence-electron chi connectivity index (χ0n) is 45.8. The summed E-state index contributed by atoms with van der Waals surface area (Å²) >= 11 is 5.30. The number of carbonyl (C=O) groups excluding carboxylic acids is 5. The number of fused-ring (bicyclic) bond motifs is 1. The van der Waals surface area contributed by atoms with Gasteiger partial charge in [0.1, 0.15) is 30.3 Å². The normalized spacial score (nSPS) is 20.5. The summed E-state index contributed by atoms with van der Waals surface area (Å²) in [7, 11) is -2.03. The number of cyclic esters (lactones) is 1. The number of nitrogens with one attached hydrogen (secondary N) is 3. The number of ether oxygens (including phenoxy) is 6. The van der Waals surface area contributed by atoms with Gasteiger partial charge in [0.2, 0.25) is 0 Å². The van der Waals surface area contributed by atoms with Gasteiger partial charge in [0.15, 0.2) is 0 Å². The van der Waals surface area contributed by atoms with Crippen LogP contribution in [-0.2, 0) is 52.2 Å². The summed E-state index contributed by atoms with van der Waals surface area (Å²) in [6, 6.07) is 25.5. The number of rotatable bonds is 15.